The Hall–Kier alpha value is -2.62. The van der Waals surface area contributed by atoms with Crippen LogP contribution in [-0.4, -0.2) is 16.1 Å². The number of aromatic nitrogens is 1. The lowest BCUT2D eigenvalue weighted by atomic mass is 10.1. The van der Waals surface area contributed by atoms with E-state index in [0.29, 0.717) is 11.6 Å². The van der Waals surface area contributed by atoms with E-state index in [4.69, 9.17) is 9.52 Å². The van der Waals surface area contributed by atoms with Crippen LogP contribution in [0.25, 0.3) is 22.2 Å². The maximum atomic E-state index is 10.9. The number of fused-ring (bicyclic) bond motifs is 1. The summed E-state index contributed by atoms with van der Waals surface area (Å²) >= 11 is 0. The fourth-order valence-electron chi connectivity index (χ4n) is 2.04. The molecule has 3 aromatic rings. The lowest BCUT2D eigenvalue weighted by molar-refractivity contribution is 0.0662. The molecule has 94 valence electrons. The quantitative estimate of drug-likeness (QED) is 0.759. The molecule has 4 heteroatoms. The minimum Gasteiger partial charge on any atom is -0.475 e. The van der Waals surface area contributed by atoms with Crippen LogP contribution in [0.2, 0.25) is 0 Å². The van der Waals surface area contributed by atoms with Crippen molar-refractivity contribution in [1.29, 1.82) is 0 Å². The first kappa shape index (κ1) is 11.5. The minimum absolute atomic E-state index is 0.108. The van der Waals surface area contributed by atoms with E-state index in [9.17, 15) is 4.79 Å². The van der Waals surface area contributed by atoms with Crippen LogP contribution < -0.4 is 0 Å². The Morgan fingerprint density at radius 1 is 1.16 bits per heavy atom. The summed E-state index contributed by atoms with van der Waals surface area (Å²) < 4.78 is 5.30. The lowest BCUT2D eigenvalue weighted by Crippen LogP contribution is -1.95. The molecule has 19 heavy (non-hydrogen) atoms. The molecular formula is C15H11NO3. The summed E-state index contributed by atoms with van der Waals surface area (Å²) in [4.78, 5) is 15.1. The van der Waals surface area contributed by atoms with Crippen LogP contribution in [0, 0.1) is 6.92 Å². The zero-order valence-corrected chi connectivity index (χ0v) is 10.3. The largest absolute Gasteiger partial charge is 0.475 e. The van der Waals surface area contributed by atoms with Crippen LogP contribution in [-0.2, 0) is 0 Å². The molecule has 3 rings (SSSR count). The summed E-state index contributed by atoms with van der Waals surface area (Å²) in [7, 11) is 0. The Bertz CT molecular complexity index is 774. The zero-order chi connectivity index (χ0) is 13.4. The second-order valence-electron chi connectivity index (χ2n) is 4.30. The van der Waals surface area contributed by atoms with Crippen LogP contribution in [0.4, 0.5) is 0 Å². The van der Waals surface area contributed by atoms with Crippen molar-refractivity contribution in [2.75, 3.05) is 0 Å². The van der Waals surface area contributed by atoms with Crippen molar-refractivity contribution in [2.45, 2.75) is 6.92 Å². The Balaban J connectivity index is 2.13. The third-order valence-corrected chi connectivity index (χ3v) is 2.99. The monoisotopic (exact) mass is 253 g/mol. The molecule has 4 nitrogen and oxygen atoms in total. The predicted molar refractivity (Wildman–Crippen MR) is 71.1 cm³/mol. The van der Waals surface area contributed by atoms with E-state index >= 15 is 0 Å². The van der Waals surface area contributed by atoms with Gasteiger partial charge in [0.05, 0.1) is 5.69 Å². The van der Waals surface area contributed by atoms with Crippen molar-refractivity contribution in [3.05, 3.63) is 53.9 Å². The molecule has 1 heterocycles. The number of aryl methyl sites for hydroxylation is 1. The number of hydrogen-bond donors (Lipinski definition) is 1. The molecule has 0 saturated carbocycles. The van der Waals surface area contributed by atoms with Gasteiger partial charge in [-0.3, -0.25) is 0 Å². The first-order valence-corrected chi connectivity index (χ1v) is 5.85. The number of carboxylic acids is 1. The van der Waals surface area contributed by atoms with Crippen LogP contribution >= 0.6 is 0 Å². The van der Waals surface area contributed by atoms with Crippen LogP contribution in [0.1, 0.15) is 16.2 Å². The highest BCUT2D eigenvalue weighted by atomic mass is 16.4. The highest BCUT2D eigenvalue weighted by Gasteiger charge is 2.17. The molecule has 1 N–H and O–H groups in total. The van der Waals surface area contributed by atoms with Crippen molar-refractivity contribution in [3.8, 4) is 11.5 Å². The molecule has 0 fully saturated rings. The van der Waals surface area contributed by atoms with Gasteiger partial charge in [-0.1, -0.05) is 30.3 Å². The van der Waals surface area contributed by atoms with Crippen molar-refractivity contribution in [1.82, 2.24) is 4.98 Å². The second kappa shape index (κ2) is 4.24. The van der Waals surface area contributed by atoms with Crippen LogP contribution in [0.5, 0.6) is 0 Å². The van der Waals surface area contributed by atoms with E-state index in [1.165, 1.54) is 0 Å². The summed E-state index contributed by atoms with van der Waals surface area (Å²) in [6, 6.07) is 13.7. The Labute approximate surface area is 109 Å². The number of nitrogens with zero attached hydrogens (tertiary/aromatic N) is 1. The van der Waals surface area contributed by atoms with Gasteiger partial charge in [0.25, 0.3) is 0 Å². The molecule has 2 aromatic carbocycles. The molecule has 0 amide bonds. The molecule has 0 aliphatic heterocycles. The average Bonchev–Trinajstić information content (AvgIpc) is 2.80. The van der Waals surface area contributed by atoms with Crippen LogP contribution in [0.15, 0.2) is 46.9 Å². The second-order valence-corrected chi connectivity index (χ2v) is 4.30. The van der Waals surface area contributed by atoms with Gasteiger partial charge in [-0.05, 0) is 29.8 Å². The maximum Gasteiger partial charge on any atom is 0.373 e. The first-order chi connectivity index (χ1) is 9.15. The number of benzene rings is 2. The maximum absolute atomic E-state index is 10.9. The number of carbonyl (C=O) groups is 1. The third kappa shape index (κ3) is 1.97. The van der Waals surface area contributed by atoms with Gasteiger partial charge in [-0.2, -0.15) is 0 Å². The molecule has 0 unspecified atom stereocenters. The number of carboxylic acid groups (broad SMARTS) is 1. The lowest BCUT2D eigenvalue weighted by Gasteiger charge is -1.99. The Morgan fingerprint density at radius 2 is 1.89 bits per heavy atom. The summed E-state index contributed by atoms with van der Waals surface area (Å²) in [6.45, 7) is 1.62. The van der Waals surface area contributed by atoms with Gasteiger partial charge in [-0.15, -0.1) is 0 Å². The summed E-state index contributed by atoms with van der Waals surface area (Å²) in [5, 5.41) is 11.1. The molecular weight excluding hydrogens is 242 g/mol. The number of rotatable bonds is 2. The van der Waals surface area contributed by atoms with Crippen molar-refractivity contribution < 1.29 is 14.3 Å². The predicted octanol–water partition coefficient (Wildman–Crippen LogP) is 3.50. The topological polar surface area (TPSA) is 63.3 Å². The van der Waals surface area contributed by atoms with Crippen molar-refractivity contribution in [2.24, 2.45) is 0 Å². The number of oxazole rings is 1. The summed E-state index contributed by atoms with van der Waals surface area (Å²) in [5.74, 6) is -0.874. The standard InChI is InChI=1S/C15H11NO3/c1-9-13(15(17)18)19-14(16-9)12-7-6-10-4-2-3-5-11(10)8-12/h2-8H,1H3,(H,17,18). The Morgan fingerprint density at radius 3 is 2.58 bits per heavy atom. The van der Waals surface area contributed by atoms with Gasteiger partial charge in [0.2, 0.25) is 11.7 Å². The fourth-order valence-corrected chi connectivity index (χ4v) is 2.04. The van der Waals surface area contributed by atoms with Gasteiger partial charge in [0, 0.05) is 5.56 Å². The van der Waals surface area contributed by atoms with E-state index in [1.54, 1.807) is 6.92 Å². The van der Waals surface area contributed by atoms with E-state index in [0.717, 1.165) is 16.3 Å². The fraction of sp³-hybridized carbons (Fsp3) is 0.0667. The smallest absolute Gasteiger partial charge is 0.373 e. The first-order valence-electron chi connectivity index (χ1n) is 5.85. The highest BCUT2D eigenvalue weighted by molar-refractivity contribution is 5.88. The third-order valence-electron chi connectivity index (χ3n) is 2.99. The van der Waals surface area contributed by atoms with E-state index in [-0.39, 0.29) is 5.76 Å². The average molecular weight is 253 g/mol. The SMILES string of the molecule is Cc1nc(-c2ccc3ccccc3c2)oc1C(=O)O. The van der Waals surface area contributed by atoms with Crippen molar-refractivity contribution >= 4 is 16.7 Å². The molecule has 0 atom stereocenters. The number of hydrogen-bond acceptors (Lipinski definition) is 3. The van der Waals surface area contributed by atoms with Gasteiger partial charge < -0.3 is 9.52 Å². The summed E-state index contributed by atoms with van der Waals surface area (Å²) in [5.41, 5.74) is 1.16. The van der Waals surface area contributed by atoms with Crippen LogP contribution in [0.3, 0.4) is 0 Å². The van der Waals surface area contributed by atoms with E-state index in [1.807, 2.05) is 42.5 Å². The summed E-state index contributed by atoms with van der Waals surface area (Å²) in [6.07, 6.45) is 0. The van der Waals surface area contributed by atoms with Gasteiger partial charge in [0.15, 0.2) is 0 Å². The molecule has 0 aliphatic rings. The number of aromatic carboxylic acids is 1. The molecule has 0 radical (unpaired) electrons. The van der Waals surface area contributed by atoms with Crippen molar-refractivity contribution in [3.63, 3.8) is 0 Å². The van der Waals surface area contributed by atoms with Gasteiger partial charge in [-0.25, -0.2) is 9.78 Å². The normalized spacial score (nSPS) is 10.8. The molecule has 0 saturated heterocycles. The van der Waals surface area contributed by atoms with E-state index in [2.05, 4.69) is 4.98 Å². The van der Waals surface area contributed by atoms with Gasteiger partial charge in [0.1, 0.15) is 0 Å². The zero-order valence-electron chi connectivity index (χ0n) is 10.3. The molecule has 0 aliphatic carbocycles. The molecule has 1 aromatic heterocycles. The van der Waals surface area contributed by atoms with Gasteiger partial charge >= 0.3 is 5.97 Å². The Kier molecular flexibility index (Phi) is 2.56. The minimum atomic E-state index is -1.10. The highest BCUT2D eigenvalue weighted by Crippen LogP contribution is 2.25. The van der Waals surface area contributed by atoms with E-state index < -0.39 is 5.97 Å². The molecule has 0 bridgehead atoms. The molecule has 0 spiro atoms.